The average Bonchev–Trinajstić information content (AvgIpc) is 3.08. The highest BCUT2D eigenvalue weighted by molar-refractivity contribution is 7.90. The molecule has 0 aliphatic rings. The standard InChI is InChI=1S/C14H12N2O3S/c1-20(17,18)13-4-2-12(3-5-13)16-8-7-15-14(16)11-6-9-19-10-11/h2-10H,1H3. The van der Waals surface area contributed by atoms with Crippen LogP contribution in [0.5, 0.6) is 0 Å². The Morgan fingerprint density at radius 2 is 1.90 bits per heavy atom. The van der Waals surface area contributed by atoms with E-state index in [1.54, 1.807) is 43.0 Å². The second kappa shape index (κ2) is 4.64. The number of imidazole rings is 1. The van der Waals surface area contributed by atoms with Gasteiger partial charge in [0.05, 0.1) is 16.7 Å². The van der Waals surface area contributed by atoms with Gasteiger partial charge in [0.15, 0.2) is 9.84 Å². The van der Waals surface area contributed by atoms with Crippen molar-refractivity contribution in [2.24, 2.45) is 0 Å². The maximum Gasteiger partial charge on any atom is 0.175 e. The van der Waals surface area contributed by atoms with Gasteiger partial charge in [0.1, 0.15) is 12.1 Å². The number of furan rings is 1. The first-order valence-electron chi connectivity index (χ1n) is 5.92. The molecule has 0 atom stereocenters. The topological polar surface area (TPSA) is 65.1 Å². The van der Waals surface area contributed by atoms with Gasteiger partial charge in [-0.05, 0) is 30.3 Å². The number of nitrogens with zero attached hydrogens (tertiary/aromatic N) is 2. The van der Waals surface area contributed by atoms with E-state index in [4.69, 9.17) is 4.42 Å². The number of rotatable bonds is 3. The van der Waals surface area contributed by atoms with Crippen LogP contribution in [0.15, 0.2) is 64.6 Å². The van der Waals surface area contributed by atoms with Crippen LogP contribution in [0.25, 0.3) is 17.1 Å². The first-order chi connectivity index (χ1) is 9.55. The molecule has 6 heteroatoms. The minimum Gasteiger partial charge on any atom is -0.472 e. The number of aromatic nitrogens is 2. The molecule has 102 valence electrons. The van der Waals surface area contributed by atoms with Crippen molar-refractivity contribution in [1.29, 1.82) is 0 Å². The fourth-order valence-corrected chi connectivity index (χ4v) is 2.60. The first kappa shape index (κ1) is 12.7. The van der Waals surface area contributed by atoms with Crippen molar-refractivity contribution in [3.8, 4) is 17.1 Å². The summed E-state index contributed by atoms with van der Waals surface area (Å²) in [6, 6.07) is 8.50. The molecule has 0 saturated heterocycles. The minimum atomic E-state index is -3.18. The van der Waals surface area contributed by atoms with Gasteiger partial charge in [-0.2, -0.15) is 0 Å². The van der Waals surface area contributed by atoms with Gasteiger partial charge in [-0.25, -0.2) is 13.4 Å². The molecule has 0 aliphatic carbocycles. The molecule has 0 bridgehead atoms. The summed E-state index contributed by atoms with van der Waals surface area (Å²) in [5.41, 5.74) is 1.70. The maximum absolute atomic E-state index is 11.5. The van der Waals surface area contributed by atoms with E-state index in [-0.39, 0.29) is 0 Å². The van der Waals surface area contributed by atoms with Crippen molar-refractivity contribution >= 4 is 9.84 Å². The van der Waals surface area contributed by atoms with E-state index < -0.39 is 9.84 Å². The van der Waals surface area contributed by atoms with Gasteiger partial charge in [0.2, 0.25) is 0 Å². The molecule has 0 fully saturated rings. The van der Waals surface area contributed by atoms with E-state index in [9.17, 15) is 8.42 Å². The molecule has 0 aliphatic heterocycles. The zero-order valence-corrected chi connectivity index (χ0v) is 11.5. The summed E-state index contributed by atoms with van der Waals surface area (Å²) >= 11 is 0. The summed E-state index contributed by atoms with van der Waals surface area (Å²) in [5.74, 6) is 0.742. The van der Waals surface area contributed by atoms with Crippen molar-refractivity contribution in [1.82, 2.24) is 9.55 Å². The normalized spacial score (nSPS) is 11.7. The van der Waals surface area contributed by atoms with Gasteiger partial charge < -0.3 is 4.42 Å². The Bertz CT molecular complexity index is 816. The smallest absolute Gasteiger partial charge is 0.175 e. The van der Waals surface area contributed by atoms with E-state index in [2.05, 4.69) is 4.98 Å². The average molecular weight is 288 g/mol. The predicted octanol–water partition coefficient (Wildman–Crippen LogP) is 2.54. The minimum absolute atomic E-state index is 0.297. The molecule has 2 heterocycles. The van der Waals surface area contributed by atoms with Crippen LogP contribution in [0, 0.1) is 0 Å². The lowest BCUT2D eigenvalue weighted by atomic mass is 10.3. The lowest BCUT2D eigenvalue weighted by molar-refractivity contribution is 0.568. The predicted molar refractivity (Wildman–Crippen MR) is 74.4 cm³/mol. The lowest BCUT2D eigenvalue weighted by Crippen LogP contribution is -1.99. The molecule has 0 N–H and O–H groups in total. The number of hydrogen-bond acceptors (Lipinski definition) is 4. The number of sulfone groups is 1. The Balaban J connectivity index is 2.05. The molecule has 0 radical (unpaired) electrons. The Morgan fingerprint density at radius 1 is 1.15 bits per heavy atom. The van der Waals surface area contributed by atoms with Crippen LogP contribution in [0.2, 0.25) is 0 Å². The molecule has 1 aromatic carbocycles. The highest BCUT2D eigenvalue weighted by Gasteiger charge is 2.10. The summed E-state index contributed by atoms with van der Waals surface area (Å²) in [5, 5.41) is 0. The van der Waals surface area contributed by atoms with Crippen LogP contribution in [0.3, 0.4) is 0 Å². The largest absolute Gasteiger partial charge is 0.472 e. The van der Waals surface area contributed by atoms with Gasteiger partial charge in [-0.1, -0.05) is 0 Å². The van der Waals surface area contributed by atoms with Gasteiger partial charge in [-0.15, -0.1) is 0 Å². The lowest BCUT2D eigenvalue weighted by Gasteiger charge is -2.07. The first-order valence-corrected chi connectivity index (χ1v) is 7.81. The zero-order chi connectivity index (χ0) is 14.2. The van der Waals surface area contributed by atoms with E-state index >= 15 is 0 Å². The van der Waals surface area contributed by atoms with Gasteiger partial charge >= 0.3 is 0 Å². The molecular formula is C14H12N2O3S. The molecule has 0 saturated carbocycles. The van der Waals surface area contributed by atoms with Gasteiger partial charge in [0.25, 0.3) is 0 Å². The van der Waals surface area contributed by atoms with Crippen LogP contribution < -0.4 is 0 Å². The molecule has 5 nitrogen and oxygen atoms in total. The highest BCUT2D eigenvalue weighted by atomic mass is 32.2. The summed E-state index contributed by atoms with van der Waals surface area (Å²) in [4.78, 5) is 4.59. The maximum atomic E-state index is 11.5. The van der Waals surface area contributed by atoms with E-state index in [1.807, 2.05) is 16.8 Å². The Kier molecular flexibility index (Phi) is 2.94. The zero-order valence-electron chi connectivity index (χ0n) is 10.7. The summed E-state index contributed by atoms with van der Waals surface area (Å²) in [7, 11) is -3.18. The van der Waals surface area contributed by atoms with Crippen LogP contribution in [-0.2, 0) is 9.84 Å². The molecule has 2 aromatic heterocycles. The quantitative estimate of drug-likeness (QED) is 0.743. The molecule has 0 unspecified atom stereocenters. The summed E-state index contributed by atoms with van der Waals surface area (Å²) < 4.78 is 29.8. The van der Waals surface area contributed by atoms with Crippen molar-refractivity contribution in [2.45, 2.75) is 4.90 Å². The molecule has 0 amide bonds. The third-order valence-electron chi connectivity index (χ3n) is 2.96. The molecular weight excluding hydrogens is 276 g/mol. The van der Waals surface area contributed by atoms with Gasteiger partial charge in [-0.3, -0.25) is 4.57 Å². The Hall–Kier alpha value is -2.34. The van der Waals surface area contributed by atoms with E-state index in [1.165, 1.54) is 6.26 Å². The fourth-order valence-electron chi connectivity index (χ4n) is 1.97. The van der Waals surface area contributed by atoms with Crippen molar-refractivity contribution in [3.63, 3.8) is 0 Å². The Labute approximate surface area is 116 Å². The molecule has 3 aromatic rings. The third-order valence-corrected chi connectivity index (χ3v) is 4.09. The van der Waals surface area contributed by atoms with Gasteiger partial charge in [0, 0.05) is 24.3 Å². The highest BCUT2D eigenvalue weighted by Crippen LogP contribution is 2.22. The van der Waals surface area contributed by atoms with Crippen molar-refractivity contribution in [2.75, 3.05) is 6.26 Å². The van der Waals surface area contributed by atoms with Crippen LogP contribution in [0.1, 0.15) is 0 Å². The fraction of sp³-hybridized carbons (Fsp3) is 0.0714. The molecule has 0 spiro atoms. The Morgan fingerprint density at radius 3 is 2.50 bits per heavy atom. The second-order valence-corrected chi connectivity index (χ2v) is 6.41. The molecule has 3 rings (SSSR count). The summed E-state index contributed by atoms with van der Waals surface area (Å²) in [6.45, 7) is 0. The van der Waals surface area contributed by atoms with Crippen molar-refractivity contribution in [3.05, 3.63) is 55.3 Å². The summed E-state index contributed by atoms with van der Waals surface area (Å²) in [6.07, 6.45) is 7.89. The monoisotopic (exact) mass is 288 g/mol. The van der Waals surface area contributed by atoms with E-state index in [0.29, 0.717) is 4.90 Å². The van der Waals surface area contributed by atoms with Crippen LogP contribution in [-0.4, -0.2) is 24.2 Å². The molecule has 20 heavy (non-hydrogen) atoms. The second-order valence-electron chi connectivity index (χ2n) is 4.40. The van der Waals surface area contributed by atoms with Crippen LogP contribution in [0.4, 0.5) is 0 Å². The number of benzene rings is 1. The SMILES string of the molecule is CS(=O)(=O)c1ccc(-n2ccnc2-c2ccoc2)cc1. The van der Waals surface area contributed by atoms with Crippen LogP contribution >= 0.6 is 0 Å². The van der Waals surface area contributed by atoms with Crippen molar-refractivity contribution < 1.29 is 12.8 Å². The van der Waals surface area contributed by atoms with E-state index in [0.717, 1.165) is 17.1 Å². The third kappa shape index (κ3) is 2.25. The number of hydrogen-bond donors (Lipinski definition) is 0.